The van der Waals surface area contributed by atoms with Crippen LogP contribution in [0.25, 0.3) is 0 Å². The number of hydrogen-bond donors (Lipinski definition) is 1. The average Bonchev–Trinajstić information content (AvgIpc) is 2.54. The Morgan fingerprint density at radius 3 is 2.39 bits per heavy atom. The molecule has 0 aliphatic carbocycles. The first-order chi connectivity index (χ1) is 11.0. The van der Waals surface area contributed by atoms with Gasteiger partial charge in [0.15, 0.2) is 6.61 Å². The van der Waals surface area contributed by atoms with Gasteiger partial charge >= 0.3 is 0 Å². The molecule has 3 nitrogen and oxygen atoms in total. The van der Waals surface area contributed by atoms with Crippen molar-refractivity contribution in [2.45, 2.75) is 26.7 Å². The minimum absolute atomic E-state index is 0.133. The third-order valence-electron chi connectivity index (χ3n) is 3.52. The maximum Gasteiger partial charge on any atom is 0.262 e. The Balaban J connectivity index is 2.05. The van der Waals surface area contributed by atoms with Gasteiger partial charge < -0.3 is 10.1 Å². The van der Waals surface area contributed by atoms with Crippen molar-refractivity contribution in [1.29, 1.82) is 0 Å². The molecule has 0 saturated heterocycles. The summed E-state index contributed by atoms with van der Waals surface area (Å²) < 4.78 is 19.0. The van der Waals surface area contributed by atoms with Crippen LogP contribution in [0.15, 0.2) is 40.9 Å². The zero-order chi connectivity index (χ0) is 16.8. The number of rotatable bonds is 6. The van der Waals surface area contributed by atoms with Gasteiger partial charge in [-0.25, -0.2) is 4.39 Å². The molecule has 0 fully saturated rings. The Morgan fingerprint density at radius 2 is 1.83 bits per heavy atom. The van der Waals surface area contributed by atoms with E-state index in [2.05, 4.69) is 35.1 Å². The summed E-state index contributed by atoms with van der Waals surface area (Å²) in [5.41, 5.74) is 3.06. The molecule has 2 aromatic rings. The third-order valence-corrected chi connectivity index (χ3v) is 4.14. The fourth-order valence-electron chi connectivity index (χ4n) is 2.31. The lowest BCUT2D eigenvalue weighted by molar-refractivity contribution is -0.118. The molecular weight excluding hydrogens is 361 g/mol. The van der Waals surface area contributed by atoms with Crippen molar-refractivity contribution in [3.8, 4) is 5.75 Å². The van der Waals surface area contributed by atoms with Crippen LogP contribution in [0.5, 0.6) is 5.75 Å². The first-order valence-electron chi connectivity index (χ1n) is 7.53. The molecule has 1 N–H and O–H groups in total. The van der Waals surface area contributed by atoms with Gasteiger partial charge in [0, 0.05) is 5.69 Å². The predicted molar refractivity (Wildman–Crippen MR) is 93.4 cm³/mol. The van der Waals surface area contributed by atoms with Crippen LogP contribution in [0.4, 0.5) is 10.1 Å². The number of carbonyl (C=O) groups excluding carboxylic acids is 1. The maximum absolute atomic E-state index is 13.0. The molecule has 1 amide bonds. The largest absolute Gasteiger partial charge is 0.483 e. The number of anilines is 1. The number of carbonyl (C=O) groups is 1. The van der Waals surface area contributed by atoms with Crippen molar-refractivity contribution in [2.75, 3.05) is 11.9 Å². The van der Waals surface area contributed by atoms with Gasteiger partial charge in [0.05, 0.1) is 4.47 Å². The van der Waals surface area contributed by atoms with Gasteiger partial charge in [0.1, 0.15) is 11.6 Å². The first-order valence-corrected chi connectivity index (χ1v) is 8.32. The maximum atomic E-state index is 13.0. The van der Waals surface area contributed by atoms with Crippen molar-refractivity contribution in [1.82, 2.24) is 0 Å². The number of amides is 1. The van der Waals surface area contributed by atoms with Crippen molar-refractivity contribution >= 4 is 27.5 Å². The highest BCUT2D eigenvalue weighted by atomic mass is 79.9. The topological polar surface area (TPSA) is 38.3 Å². The highest BCUT2D eigenvalue weighted by Crippen LogP contribution is 2.26. The number of halogens is 2. The summed E-state index contributed by atoms with van der Waals surface area (Å²) in [4.78, 5) is 12.2. The summed E-state index contributed by atoms with van der Waals surface area (Å²) in [5.74, 6) is -0.170. The van der Waals surface area contributed by atoms with Crippen molar-refractivity contribution < 1.29 is 13.9 Å². The fourth-order valence-corrected chi connectivity index (χ4v) is 2.78. The summed E-state index contributed by atoms with van der Waals surface area (Å²) in [6, 6.07) is 10.1. The summed E-state index contributed by atoms with van der Waals surface area (Å²) >= 11 is 3.21. The van der Waals surface area contributed by atoms with Crippen LogP contribution in [0.3, 0.4) is 0 Å². The number of nitrogens with one attached hydrogen (secondary N) is 1. The zero-order valence-electron chi connectivity index (χ0n) is 13.2. The SMILES string of the molecule is CCc1cccc(CC)c1NC(=O)COc1ccc(F)cc1Br. The van der Waals surface area contributed by atoms with E-state index in [0.717, 1.165) is 29.7 Å². The van der Waals surface area contributed by atoms with Crippen molar-refractivity contribution in [2.24, 2.45) is 0 Å². The molecule has 0 unspecified atom stereocenters. The van der Waals surface area contributed by atoms with Gasteiger partial charge in [0.25, 0.3) is 5.91 Å². The molecule has 122 valence electrons. The quantitative estimate of drug-likeness (QED) is 0.787. The van der Waals surface area contributed by atoms with E-state index in [0.29, 0.717) is 10.2 Å². The lowest BCUT2D eigenvalue weighted by Gasteiger charge is -2.15. The number of benzene rings is 2. The van der Waals surface area contributed by atoms with E-state index in [-0.39, 0.29) is 18.3 Å². The van der Waals surface area contributed by atoms with E-state index in [9.17, 15) is 9.18 Å². The predicted octanol–water partition coefficient (Wildman–Crippen LogP) is 4.73. The van der Waals surface area contributed by atoms with E-state index in [1.54, 1.807) is 0 Å². The summed E-state index contributed by atoms with van der Waals surface area (Å²) in [6.07, 6.45) is 1.68. The van der Waals surface area contributed by atoms with Gasteiger partial charge in [-0.1, -0.05) is 32.0 Å². The second kappa shape index (κ2) is 8.11. The number of para-hydroxylation sites is 1. The minimum Gasteiger partial charge on any atom is -0.483 e. The van der Waals surface area contributed by atoms with E-state index in [1.807, 2.05) is 18.2 Å². The van der Waals surface area contributed by atoms with Gasteiger partial charge in [-0.2, -0.15) is 0 Å². The zero-order valence-corrected chi connectivity index (χ0v) is 14.7. The summed E-state index contributed by atoms with van der Waals surface area (Å²) in [6.45, 7) is 3.97. The Bertz CT molecular complexity index is 681. The molecule has 0 heterocycles. The first kappa shape index (κ1) is 17.5. The summed E-state index contributed by atoms with van der Waals surface area (Å²) in [5, 5.41) is 2.93. The molecular formula is C18H19BrFNO2. The fraction of sp³-hybridized carbons (Fsp3) is 0.278. The monoisotopic (exact) mass is 379 g/mol. The standard InChI is InChI=1S/C18H19BrFNO2/c1-3-12-6-5-7-13(4-2)18(12)21-17(22)11-23-16-9-8-14(20)10-15(16)19/h5-10H,3-4,11H2,1-2H3,(H,21,22). The van der Waals surface area contributed by atoms with Crippen LogP contribution in [-0.2, 0) is 17.6 Å². The second-order valence-electron chi connectivity index (χ2n) is 5.07. The molecule has 0 atom stereocenters. The lowest BCUT2D eigenvalue weighted by atomic mass is 10.0. The highest BCUT2D eigenvalue weighted by molar-refractivity contribution is 9.10. The highest BCUT2D eigenvalue weighted by Gasteiger charge is 2.11. The van der Waals surface area contributed by atoms with Crippen LogP contribution >= 0.6 is 15.9 Å². The molecule has 0 aliphatic rings. The molecule has 0 aliphatic heterocycles. The summed E-state index contributed by atoms with van der Waals surface area (Å²) in [7, 11) is 0. The molecule has 0 spiro atoms. The minimum atomic E-state index is -0.363. The molecule has 5 heteroatoms. The Morgan fingerprint density at radius 1 is 1.17 bits per heavy atom. The Labute approximate surface area is 144 Å². The van der Waals surface area contributed by atoms with Gasteiger partial charge in [-0.15, -0.1) is 0 Å². The normalized spacial score (nSPS) is 10.4. The average molecular weight is 380 g/mol. The van der Waals surface area contributed by atoms with Gasteiger partial charge in [-0.3, -0.25) is 4.79 Å². The smallest absolute Gasteiger partial charge is 0.262 e. The van der Waals surface area contributed by atoms with Crippen LogP contribution in [0, 0.1) is 5.82 Å². The Hall–Kier alpha value is -1.88. The molecule has 0 radical (unpaired) electrons. The van der Waals surface area contributed by atoms with Crippen LogP contribution in [-0.4, -0.2) is 12.5 Å². The van der Waals surface area contributed by atoms with E-state index < -0.39 is 0 Å². The van der Waals surface area contributed by atoms with Crippen LogP contribution in [0.1, 0.15) is 25.0 Å². The second-order valence-corrected chi connectivity index (χ2v) is 5.92. The number of aryl methyl sites for hydroxylation is 2. The van der Waals surface area contributed by atoms with Crippen molar-refractivity contribution in [3.63, 3.8) is 0 Å². The van der Waals surface area contributed by atoms with Crippen LogP contribution in [0.2, 0.25) is 0 Å². The lowest BCUT2D eigenvalue weighted by Crippen LogP contribution is -2.22. The molecule has 0 aromatic heterocycles. The molecule has 0 saturated carbocycles. The van der Waals surface area contributed by atoms with Crippen molar-refractivity contribution in [3.05, 3.63) is 57.8 Å². The number of ether oxygens (including phenoxy) is 1. The van der Waals surface area contributed by atoms with Crippen LogP contribution < -0.4 is 10.1 Å². The third kappa shape index (κ3) is 4.55. The van der Waals surface area contributed by atoms with Gasteiger partial charge in [-0.05, 0) is 58.1 Å². The number of hydrogen-bond acceptors (Lipinski definition) is 2. The molecule has 0 bridgehead atoms. The Kier molecular flexibility index (Phi) is 6.16. The molecule has 2 rings (SSSR count). The van der Waals surface area contributed by atoms with E-state index >= 15 is 0 Å². The molecule has 2 aromatic carbocycles. The van der Waals surface area contributed by atoms with Gasteiger partial charge in [0.2, 0.25) is 0 Å². The van der Waals surface area contributed by atoms with E-state index in [4.69, 9.17) is 4.74 Å². The molecule has 23 heavy (non-hydrogen) atoms. The van der Waals surface area contributed by atoms with E-state index in [1.165, 1.54) is 18.2 Å².